The maximum atomic E-state index is 8.48. The van der Waals surface area contributed by atoms with Gasteiger partial charge >= 0.3 is 103 Å². The molecule has 0 fully saturated rings. The minimum Gasteiger partial charge on any atom is -0.598 e. The van der Waals surface area contributed by atoms with Crippen LogP contribution in [0.5, 0.6) is 0 Å². The summed E-state index contributed by atoms with van der Waals surface area (Å²) >= 11 is 0. The van der Waals surface area contributed by atoms with Gasteiger partial charge in [-0.15, -0.1) is 0 Å². The Kier molecular flexibility index (Phi) is 134. The van der Waals surface area contributed by atoms with Gasteiger partial charge in [0.2, 0.25) is 0 Å². The fourth-order valence-electron chi connectivity index (χ4n) is 0. The van der Waals surface area contributed by atoms with E-state index in [0.717, 1.165) is 0 Å². The average Bonchev–Trinajstić information content (AvgIpc) is 0.811. The molecular weight excluding hydrogens is 205 g/mol. The van der Waals surface area contributed by atoms with Gasteiger partial charge in [0.25, 0.3) is 8.25 Å². The van der Waals surface area contributed by atoms with E-state index in [-0.39, 0.29) is 119 Å². The van der Waals surface area contributed by atoms with Crippen molar-refractivity contribution in [1.82, 2.24) is 0 Å². The molecule has 0 amide bonds. The molecule has 6 N–H and O–H groups in total. The van der Waals surface area contributed by atoms with Crippen molar-refractivity contribution < 1.29 is 134 Å². The molecule has 0 bridgehead atoms. The molecule has 0 saturated heterocycles. The topological polar surface area (TPSA) is 158 Å². The summed E-state index contributed by atoms with van der Waals surface area (Å²) in [4.78, 5) is 17.0. The Balaban J connectivity index is -0.00000000450. The number of rotatable bonds is 0. The molecule has 0 aromatic rings. The molecule has 9 heavy (non-hydrogen) atoms. The molecule has 0 atom stereocenters. The summed E-state index contributed by atoms with van der Waals surface area (Å²) in [5, 5.41) is 0. The Morgan fingerprint density at radius 3 is 0.889 bits per heavy atom. The molecule has 6 nitrogen and oxygen atoms in total. The first kappa shape index (κ1) is 39.9. The summed E-state index contributed by atoms with van der Waals surface area (Å²) in [6.45, 7) is 0. The Labute approximate surface area is 138 Å². The molecule has 0 aromatic heterocycles. The van der Waals surface area contributed by atoms with E-state index in [4.69, 9.17) is 14.4 Å². The van der Waals surface area contributed by atoms with Crippen LogP contribution in [0.2, 0.25) is 0 Å². The molecule has 0 aliphatic carbocycles. The van der Waals surface area contributed by atoms with E-state index in [1.807, 2.05) is 0 Å². The zero-order valence-corrected chi connectivity index (χ0v) is 12.3. The maximum Gasteiger partial charge on any atom is 1.00 e. The van der Waals surface area contributed by atoms with Crippen molar-refractivity contribution in [1.29, 1.82) is 0 Å². The largest absolute Gasteiger partial charge is 1.00 e. The van der Waals surface area contributed by atoms with Gasteiger partial charge in [-0.25, -0.2) is 0 Å². The third-order valence-corrected chi connectivity index (χ3v) is 0. The molecule has 0 rings (SSSR count). The zero-order valence-electron chi connectivity index (χ0n) is 5.17. The second-order valence-electron chi connectivity index (χ2n) is 0.224. The Morgan fingerprint density at radius 1 is 0.889 bits per heavy atom. The van der Waals surface area contributed by atoms with Crippen LogP contribution in [0, 0.1) is 0 Å². The number of hydrogen-bond donors (Lipinski definition) is 0. The summed E-state index contributed by atoms with van der Waals surface area (Å²) in [6.07, 6.45) is 0. The quantitative estimate of drug-likeness (QED) is 0.288. The van der Waals surface area contributed by atoms with Crippen LogP contribution in [0.4, 0.5) is 0 Å². The molecule has 0 aromatic carbocycles. The molecule has 9 heteroatoms. The summed E-state index contributed by atoms with van der Waals surface area (Å²) in [7, 11) is -3.37. The normalized spacial score (nSPS) is 2.89. The standard InChI is InChI=1S/2K.HO3P.3H2O/c;;1-4(2)3;;;/h;;(H,1,2,3);3*1H2/q2*+1;;;;/p-1. The Bertz CT molecular complexity index is 34.0. The first-order chi connectivity index (χ1) is 1.73. The van der Waals surface area contributed by atoms with Crippen molar-refractivity contribution >= 4 is 8.25 Å². The van der Waals surface area contributed by atoms with Crippen LogP contribution in [0.1, 0.15) is 0 Å². The first-order valence-corrected chi connectivity index (χ1v) is 1.64. The maximum absolute atomic E-state index is 8.48. The first-order valence-electron chi connectivity index (χ1n) is 0.548. The van der Waals surface area contributed by atoms with Crippen molar-refractivity contribution in [2.45, 2.75) is 0 Å². The van der Waals surface area contributed by atoms with Crippen molar-refractivity contribution in [3.8, 4) is 0 Å². The van der Waals surface area contributed by atoms with Crippen molar-refractivity contribution in [3.63, 3.8) is 0 Å². The summed E-state index contributed by atoms with van der Waals surface area (Å²) in [5.74, 6) is 0. The van der Waals surface area contributed by atoms with E-state index >= 15 is 0 Å². The van der Waals surface area contributed by atoms with Crippen LogP contribution in [0.25, 0.3) is 0 Å². The Morgan fingerprint density at radius 2 is 0.889 bits per heavy atom. The van der Waals surface area contributed by atoms with Crippen LogP contribution >= 0.6 is 8.25 Å². The van der Waals surface area contributed by atoms with Gasteiger partial charge in [0.05, 0.1) is 0 Å². The van der Waals surface area contributed by atoms with Gasteiger partial charge in [-0.2, -0.15) is 0 Å². The third kappa shape index (κ3) is 93.4. The van der Waals surface area contributed by atoms with Crippen LogP contribution < -0.4 is 113 Å². The summed E-state index contributed by atoms with van der Waals surface area (Å²) in [5.41, 5.74) is 0. The van der Waals surface area contributed by atoms with Crippen LogP contribution in [0.3, 0.4) is 0 Å². The second kappa shape index (κ2) is 30.3. The van der Waals surface area contributed by atoms with Crippen LogP contribution in [-0.4, -0.2) is 16.4 Å². The molecule has 0 aliphatic rings. The van der Waals surface area contributed by atoms with Gasteiger partial charge in [0, 0.05) is 0 Å². The zero-order chi connectivity index (χ0) is 3.58. The van der Waals surface area contributed by atoms with Gasteiger partial charge in [-0.05, 0) is 0 Å². The molecule has 0 spiro atoms. The van der Waals surface area contributed by atoms with E-state index in [2.05, 4.69) is 0 Å². The minimum absolute atomic E-state index is 0. The van der Waals surface area contributed by atoms with Crippen molar-refractivity contribution in [2.24, 2.45) is 0 Å². The summed E-state index contributed by atoms with van der Waals surface area (Å²) < 4.78 is 8.48. The van der Waals surface area contributed by atoms with Crippen LogP contribution in [0.15, 0.2) is 0 Å². The minimum atomic E-state index is -3.37. The monoisotopic (exact) mass is 211 g/mol. The van der Waals surface area contributed by atoms with Gasteiger partial charge < -0.3 is 26.2 Å². The molecule has 48 valence electrons. The fourth-order valence-corrected chi connectivity index (χ4v) is 0. The van der Waals surface area contributed by atoms with Gasteiger partial charge in [0.15, 0.2) is 0 Å². The third-order valence-electron chi connectivity index (χ3n) is 0. The van der Waals surface area contributed by atoms with Gasteiger partial charge in [0.1, 0.15) is 0 Å². The molecule has 0 heterocycles. The predicted molar refractivity (Wildman–Crippen MR) is 18.4 cm³/mol. The molecular formula is H6K2O6P+. The van der Waals surface area contributed by atoms with E-state index in [1.165, 1.54) is 0 Å². The Hall–Kier alpha value is 3.17. The summed E-state index contributed by atoms with van der Waals surface area (Å²) in [6, 6.07) is 0. The average molecular weight is 211 g/mol. The predicted octanol–water partition coefficient (Wildman–Crippen LogP) is -10.1. The molecule has 0 aliphatic heterocycles. The van der Waals surface area contributed by atoms with Crippen LogP contribution in [-0.2, 0) is 4.57 Å². The second-order valence-corrected chi connectivity index (χ2v) is 0.671. The molecule has 0 saturated carbocycles. The number of hydrogen-bond acceptors (Lipinski definition) is 3. The van der Waals surface area contributed by atoms with E-state index < -0.39 is 8.25 Å². The van der Waals surface area contributed by atoms with Crippen molar-refractivity contribution in [2.75, 3.05) is 0 Å². The molecule has 0 unspecified atom stereocenters. The smallest absolute Gasteiger partial charge is 0.598 e. The van der Waals surface area contributed by atoms with E-state index in [1.54, 1.807) is 0 Å². The van der Waals surface area contributed by atoms with E-state index in [9.17, 15) is 0 Å². The fraction of sp³-hybridized carbons (Fsp3) is 0. The molecule has 0 radical (unpaired) electrons. The SMILES string of the molecule is O.O.O.O=[P+]([O-])[O-].[K+].[K+]. The van der Waals surface area contributed by atoms with Gasteiger partial charge in [-0.1, -0.05) is 4.57 Å². The van der Waals surface area contributed by atoms with E-state index in [0.29, 0.717) is 0 Å². The van der Waals surface area contributed by atoms with Crippen molar-refractivity contribution in [3.05, 3.63) is 0 Å². The van der Waals surface area contributed by atoms with Gasteiger partial charge in [-0.3, -0.25) is 0 Å².